The zero-order chi connectivity index (χ0) is 8.48. The molecule has 7 heteroatoms. The van der Waals surface area contributed by atoms with Gasteiger partial charge >= 0.3 is 80.9 Å². The molecule has 1 aromatic rings. The van der Waals surface area contributed by atoms with Crippen molar-refractivity contribution >= 4 is 91.1 Å². The van der Waals surface area contributed by atoms with Gasteiger partial charge in [-0.15, -0.1) is 0 Å². The Labute approximate surface area is 141 Å². The van der Waals surface area contributed by atoms with Crippen molar-refractivity contribution in [2.45, 2.75) is 4.90 Å². The predicted octanol–water partition coefficient (Wildman–Crippen LogP) is -0.658. The Morgan fingerprint density at radius 2 is 1.46 bits per heavy atom. The van der Waals surface area contributed by atoms with Gasteiger partial charge in [-0.2, -0.15) is 8.42 Å². The van der Waals surface area contributed by atoms with E-state index in [0.29, 0.717) is 0 Å². The van der Waals surface area contributed by atoms with Crippen molar-refractivity contribution in [2.24, 2.45) is 0 Å². The third kappa shape index (κ3) is 5.88. The normalized spacial score (nSPS) is 9.62. The molecule has 0 bridgehead atoms. The van der Waals surface area contributed by atoms with Crippen LogP contribution < -0.4 is 0 Å². The van der Waals surface area contributed by atoms with Crippen molar-refractivity contribution in [2.75, 3.05) is 0 Å². The van der Waals surface area contributed by atoms with Gasteiger partial charge in [0.1, 0.15) is 5.75 Å². The predicted molar refractivity (Wildman–Crippen MR) is 52.2 cm³/mol. The first-order chi connectivity index (χ1) is 5.00. The van der Waals surface area contributed by atoms with E-state index in [9.17, 15) is 8.42 Å². The van der Waals surface area contributed by atoms with Gasteiger partial charge in [-0.1, -0.05) is 0 Å². The summed E-state index contributed by atoms with van der Waals surface area (Å²) in [5.74, 6) is -0.0441. The van der Waals surface area contributed by atoms with Gasteiger partial charge in [0, 0.05) is 0 Å². The van der Waals surface area contributed by atoms with E-state index in [2.05, 4.69) is 0 Å². The molecule has 64 valence electrons. The van der Waals surface area contributed by atoms with Crippen LogP contribution in [0.5, 0.6) is 5.75 Å². The molecule has 0 aliphatic heterocycles. The van der Waals surface area contributed by atoms with E-state index in [0.717, 1.165) is 12.1 Å². The Balaban J connectivity index is 0. The number of rotatable bonds is 1. The molecule has 0 atom stereocenters. The molecule has 0 spiro atoms. The second kappa shape index (κ2) is 6.94. The Kier molecular flexibility index (Phi) is 9.07. The Hall–Kier alpha value is 1.57. The second-order valence-corrected chi connectivity index (χ2v) is 3.39. The number of hydrogen-bond acceptors (Lipinski definition) is 3. The van der Waals surface area contributed by atoms with Crippen LogP contribution in [0.25, 0.3) is 0 Å². The zero-order valence-electron chi connectivity index (χ0n) is 5.43. The quantitative estimate of drug-likeness (QED) is 0.503. The first-order valence-corrected chi connectivity index (χ1v) is 4.21. The molecule has 0 fully saturated rings. The van der Waals surface area contributed by atoms with Crippen LogP contribution >= 0.6 is 0 Å². The second-order valence-electron chi connectivity index (χ2n) is 1.97. The molecule has 0 amide bonds. The molecule has 0 radical (unpaired) electrons. The van der Waals surface area contributed by atoms with Crippen molar-refractivity contribution in [3.05, 3.63) is 24.3 Å². The molecule has 0 unspecified atom stereocenters. The zero-order valence-corrected chi connectivity index (χ0v) is 6.25. The summed E-state index contributed by atoms with van der Waals surface area (Å²) in [5, 5.41) is 8.75. The Morgan fingerprint density at radius 1 is 1.08 bits per heavy atom. The maximum atomic E-state index is 10.4. The molecule has 13 heavy (non-hydrogen) atoms. The van der Waals surface area contributed by atoms with E-state index in [1.165, 1.54) is 12.1 Å². The summed E-state index contributed by atoms with van der Waals surface area (Å²) in [4.78, 5) is -0.227. The number of benzene rings is 1. The van der Waals surface area contributed by atoms with Crippen LogP contribution in [0.15, 0.2) is 29.2 Å². The average Bonchev–Trinajstić information content (AvgIpc) is 1.86. The molecule has 0 aromatic heterocycles. The Bertz CT molecular complexity index is 347. The van der Waals surface area contributed by atoms with Crippen LogP contribution in [0.3, 0.4) is 0 Å². The van der Waals surface area contributed by atoms with Crippen molar-refractivity contribution in [1.82, 2.24) is 0 Å². The molecular weight excluding hydrogens is 230 g/mol. The van der Waals surface area contributed by atoms with Crippen LogP contribution in [0.4, 0.5) is 0 Å². The van der Waals surface area contributed by atoms with Crippen molar-refractivity contribution in [1.29, 1.82) is 0 Å². The molecule has 1 aromatic carbocycles. The molecule has 0 saturated heterocycles. The molecular formula is C6H8KNaO4S. The van der Waals surface area contributed by atoms with Crippen LogP contribution in [0.2, 0.25) is 0 Å². The summed E-state index contributed by atoms with van der Waals surface area (Å²) in [6.45, 7) is 0. The summed E-state index contributed by atoms with van der Waals surface area (Å²) in [5.41, 5.74) is 0. The van der Waals surface area contributed by atoms with Gasteiger partial charge in [-0.05, 0) is 24.3 Å². The topological polar surface area (TPSA) is 74.6 Å². The van der Waals surface area contributed by atoms with Gasteiger partial charge in [0.15, 0.2) is 0 Å². The van der Waals surface area contributed by atoms with E-state index >= 15 is 0 Å². The van der Waals surface area contributed by atoms with E-state index in [4.69, 9.17) is 9.66 Å². The van der Waals surface area contributed by atoms with Gasteiger partial charge in [0.05, 0.1) is 4.90 Å². The third-order valence-corrected chi connectivity index (χ3v) is 2.00. The number of hydrogen-bond donors (Lipinski definition) is 2. The van der Waals surface area contributed by atoms with Crippen molar-refractivity contribution < 1.29 is 18.1 Å². The molecule has 0 heterocycles. The molecule has 0 aliphatic rings. The summed E-state index contributed by atoms with van der Waals surface area (Å²) >= 11 is 0. The van der Waals surface area contributed by atoms with E-state index in [1.807, 2.05) is 0 Å². The average molecular weight is 238 g/mol. The van der Waals surface area contributed by atoms with Gasteiger partial charge in [-0.3, -0.25) is 4.55 Å². The van der Waals surface area contributed by atoms with E-state index < -0.39 is 10.1 Å². The SMILES string of the molecule is O=S(=O)(O)c1ccc(O)cc1.[KH].[NaH]. The first kappa shape index (κ1) is 17.0. The van der Waals surface area contributed by atoms with Crippen LogP contribution in [0.1, 0.15) is 0 Å². The summed E-state index contributed by atoms with van der Waals surface area (Å²) in [6.07, 6.45) is 0. The summed E-state index contributed by atoms with van der Waals surface area (Å²) in [6, 6.07) is 4.60. The van der Waals surface area contributed by atoms with E-state index in [-0.39, 0.29) is 91.6 Å². The number of aromatic hydroxyl groups is 1. The summed E-state index contributed by atoms with van der Waals surface area (Å²) < 4.78 is 29.3. The first-order valence-electron chi connectivity index (χ1n) is 2.77. The fraction of sp³-hybridized carbons (Fsp3) is 0. The minimum absolute atomic E-state index is 0. The summed E-state index contributed by atoms with van der Waals surface area (Å²) in [7, 11) is -4.13. The third-order valence-electron chi connectivity index (χ3n) is 1.13. The van der Waals surface area contributed by atoms with Gasteiger partial charge in [-0.25, -0.2) is 0 Å². The monoisotopic (exact) mass is 238 g/mol. The van der Waals surface area contributed by atoms with Crippen molar-refractivity contribution in [3.63, 3.8) is 0 Å². The molecule has 4 nitrogen and oxygen atoms in total. The van der Waals surface area contributed by atoms with Crippen LogP contribution in [0, 0.1) is 0 Å². The number of phenols is 1. The van der Waals surface area contributed by atoms with E-state index in [1.54, 1.807) is 0 Å². The molecule has 0 aliphatic carbocycles. The van der Waals surface area contributed by atoms with Gasteiger partial charge in [0.25, 0.3) is 10.1 Å². The van der Waals surface area contributed by atoms with Gasteiger partial charge in [0.2, 0.25) is 0 Å². The van der Waals surface area contributed by atoms with Gasteiger partial charge < -0.3 is 5.11 Å². The fourth-order valence-corrected chi connectivity index (χ4v) is 1.10. The van der Waals surface area contributed by atoms with Crippen LogP contribution in [-0.2, 0) is 10.1 Å². The maximum absolute atomic E-state index is 10.4. The number of phenolic OH excluding ortho intramolecular Hbond substituents is 1. The van der Waals surface area contributed by atoms with Crippen molar-refractivity contribution in [3.8, 4) is 5.75 Å². The molecule has 0 saturated carbocycles. The standard InChI is InChI=1S/C6H6O4S.K.Na.2H/c7-5-1-3-6(4-2-5)11(8,9)10;;;;/h1-4,7H,(H,8,9,10);;;;. The fourth-order valence-electron chi connectivity index (χ4n) is 0.618. The minimum atomic E-state index is -4.13. The molecule has 2 N–H and O–H groups in total. The Morgan fingerprint density at radius 3 is 1.77 bits per heavy atom. The van der Waals surface area contributed by atoms with Crippen LogP contribution in [-0.4, -0.2) is 99.0 Å². The molecule has 1 rings (SSSR count).